The van der Waals surface area contributed by atoms with Crippen molar-refractivity contribution >= 4 is 5.69 Å². The Morgan fingerprint density at radius 1 is 1.39 bits per heavy atom. The molecule has 4 nitrogen and oxygen atoms in total. The van der Waals surface area contributed by atoms with Gasteiger partial charge in [0.2, 0.25) is 0 Å². The summed E-state index contributed by atoms with van der Waals surface area (Å²) in [5.74, 6) is 0.761. The second-order valence-corrected chi connectivity index (χ2v) is 3.94. The largest absolute Gasteiger partial charge is 0.489 e. The van der Waals surface area contributed by atoms with Crippen LogP contribution in [0, 0.1) is 18.3 Å². The van der Waals surface area contributed by atoms with E-state index in [1.165, 1.54) is 0 Å². The maximum atomic E-state index is 8.92. The maximum absolute atomic E-state index is 8.92. The standard InChI is InChI=1S/C14H13N3O/c1-10-7-12(16)4-5-14(10)18-9-11-3-2-6-17-13(11)8-15/h2-7H,9,16H2,1H3. The molecule has 0 aliphatic heterocycles. The summed E-state index contributed by atoms with van der Waals surface area (Å²) in [6.07, 6.45) is 1.59. The van der Waals surface area contributed by atoms with Crippen molar-refractivity contribution < 1.29 is 4.74 Å². The molecule has 1 aromatic carbocycles. The van der Waals surface area contributed by atoms with E-state index in [2.05, 4.69) is 4.98 Å². The van der Waals surface area contributed by atoms with E-state index in [-0.39, 0.29) is 0 Å². The third-order valence-electron chi connectivity index (χ3n) is 2.58. The fourth-order valence-corrected chi connectivity index (χ4v) is 1.65. The number of nitrogens with two attached hydrogens (primary N) is 1. The Morgan fingerprint density at radius 3 is 2.94 bits per heavy atom. The molecule has 0 spiro atoms. The van der Waals surface area contributed by atoms with E-state index in [0.29, 0.717) is 18.0 Å². The summed E-state index contributed by atoms with van der Waals surface area (Å²) in [5, 5.41) is 8.92. The second kappa shape index (κ2) is 5.19. The zero-order valence-electron chi connectivity index (χ0n) is 10.1. The van der Waals surface area contributed by atoms with Crippen LogP contribution in [0.5, 0.6) is 5.75 Å². The normalized spacial score (nSPS) is 9.78. The van der Waals surface area contributed by atoms with Gasteiger partial charge in [0, 0.05) is 17.4 Å². The number of pyridine rings is 1. The molecule has 2 aromatic rings. The Labute approximate surface area is 106 Å². The molecule has 0 saturated carbocycles. The van der Waals surface area contributed by atoms with Gasteiger partial charge in [-0.25, -0.2) is 4.98 Å². The van der Waals surface area contributed by atoms with Crippen LogP contribution in [0.1, 0.15) is 16.8 Å². The van der Waals surface area contributed by atoms with Crippen LogP contribution in [0.3, 0.4) is 0 Å². The summed E-state index contributed by atoms with van der Waals surface area (Å²) in [6, 6.07) is 11.1. The number of hydrogen-bond donors (Lipinski definition) is 1. The van der Waals surface area contributed by atoms with Gasteiger partial charge in [0.25, 0.3) is 0 Å². The van der Waals surface area contributed by atoms with Crippen LogP contribution in [-0.2, 0) is 6.61 Å². The van der Waals surface area contributed by atoms with Gasteiger partial charge in [-0.2, -0.15) is 5.26 Å². The lowest BCUT2D eigenvalue weighted by atomic mass is 10.2. The minimum atomic E-state index is 0.321. The zero-order valence-corrected chi connectivity index (χ0v) is 10.1. The van der Waals surface area contributed by atoms with Crippen LogP contribution >= 0.6 is 0 Å². The van der Waals surface area contributed by atoms with Crippen LogP contribution in [-0.4, -0.2) is 4.98 Å². The molecule has 90 valence electrons. The van der Waals surface area contributed by atoms with E-state index in [9.17, 15) is 0 Å². The molecule has 0 aliphatic carbocycles. The number of ether oxygens (including phenoxy) is 1. The van der Waals surface area contributed by atoms with Crippen molar-refractivity contribution in [3.8, 4) is 11.8 Å². The van der Waals surface area contributed by atoms with Gasteiger partial charge in [-0.05, 0) is 36.8 Å². The number of aryl methyl sites for hydroxylation is 1. The van der Waals surface area contributed by atoms with Crippen LogP contribution in [0.4, 0.5) is 5.69 Å². The van der Waals surface area contributed by atoms with Crippen molar-refractivity contribution in [2.45, 2.75) is 13.5 Å². The summed E-state index contributed by atoms with van der Waals surface area (Å²) in [6.45, 7) is 2.25. The smallest absolute Gasteiger partial charge is 0.147 e. The zero-order chi connectivity index (χ0) is 13.0. The monoisotopic (exact) mass is 239 g/mol. The number of hydrogen-bond acceptors (Lipinski definition) is 4. The molecule has 0 fully saturated rings. The molecule has 1 heterocycles. The Bertz CT molecular complexity index is 602. The predicted molar refractivity (Wildman–Crippen MR) is 68.9 cm³/mol. The molecule has 0 aliphatic rings. The third-order valence-corrected chi connectivity index (χ3v) is 2.58. The molecule has 4 heteroatoms. The SMILES string of the molecule is Cc1cc(N)ccc1OCc1cccnc1C#N. The Hall–Kier alpha value is -2.54. The van der Waals surface area contributed by atoms with E-state index in [4.69, 9.17) is 15.7 Å². The quantitative estimate of drug-likeness (QED) is 0.835. The van der Waals surface area contributed by atoms with E-state index in [1.54, 1.807) is 18.3 Å². The van der Waals surface area contributed by atoms with Crippen LogP contribution in [0.15, 0.2) is 36.5 Å². The number of rotatable bonds is 3. The van der Waals surface area contributed by atoms with E-state index in [1.807, 2.05) is 31.2 Å². The summed E-state index contributed by atoms with van der Waals surface area (Å²) in [7, 11) is 0. The average Bonchev–Trinajstić information content (AvgIpc) is 2.38. The van der Waals surface area contributed by atoms with Gasteiger partial charge in [-0.15, -0.1) is 0 Å². The molecule has 2 N–H and O–H groups in total. The number of nitriles is 1. The van der Waals surface area contributed by atoms with Crippen molar-refractivity contribution in [2.75, 3.05) is 5.73 Å². The molecule has 18 heavy (non-hydrogen) atoms. The van der Waals surface area contributed by atoms with Crippen molar-refractivity contribution in [1.29, 1.82) is 5.26 Å². The summed E-state index contributed by atoms with van der Waals surface area (Å²) >= 11 is 0. The highest BCUT2D eigenvalue weighted by Crippen LogP contribution is 2.21. The topological polar surface area (TPSA) is 71.9 Å². The number of benzene rings is 1. The van der Waals surface area contributed by atoms with Crippen molar-refractivity contribution in [3.05, 3.63) is 53.3 Å². The lowest BCUT2D eigenvalue weighted by Gasteiger charge is -2.10. The van der Waals surface area contributed by atoms with Gasteiger partial charge in [0.05, 0.1) is 0 Å². The molecule has 0 radical (unpaired) electrons. The molecule has 0 saturated heterocycles. The Morgan fingerprint density at radius 2 is 2.22 bits per heavy atom. The molecule has 0 atom stereocenters. The fourth-order valence-electron chi connectivity index (χ4n) is 1.65. The number of aromatic nitrogens is 1. The maximum Gasteiger partial charge on any atom is 0.147 e. The molecule has 0 bridgehead atoms. The van der Waals surface area contributed by atoms with E-state index >= 15 is 0 Å². The van der Waals surface area contributed by atoms with E-state index < -0.39 is 0 Å². The lowest BCUT2D eigenvalue weighted by Crippen LogP contribution is -2.01. The highest BCUT2D eigenvalue weighted by molar-refractivity contribution is 5.47. The first-order chi connectivity index (χ1) is 8.70. The number of nitrogens with zero attached hydrogens (tertiary/aromatic N) is 2. The summed E-state index contributed by atoms with van der Waals surface area (Å²) in [4.78, 5) is 3.98. The van der Waals surface area contributed by atoms with E-state index in [0.717, 1.165) is 16.9 Å². The van der Waals surface area contributed by atoms with Crippen molar-refractivity contribution in [3.63, 3.8) is 0 Å². The summed E-state index contributed by atoms with van der Waals surface area (Å²) < 4.78 is 5.67. The lowest BCUT2D eigenvalue weighted by molar-refractivity contribution is 0.303. The Balaban J connectivity index is 2.14. The van der Waals surface area contributed by atoms with Crippen molar-refractivity contribution in [1.82, 2.24) is 4.98 Å². The molecule has 0 amide bonds. The van der Waals surface area contributed by atoms with Gasteiger partial charge < -0.3 is 10.5 Å². The molecular formula is C14H13N3O. The first-order valence-corrected chi connectivity index (χ1v) is 5.53. The van der Waals surface area contributed by atoms with Crippen molar-refractivity contribution in [2.24, 2.45) is 0 Å². The molecule has 2 rings (SSSR count). The van der Waals surface area contributed by atoms with Gasteiger partial charge in [-0.1, -0.05) is 6.07 Å². The average molecular weight is 239 g/mol. The minimum absolute atomic E-state index is 0.321. The second-order valence-electron chi connectivity index (χ2n) is 3.94. The number of nitrogen functional groups attached to an aromatic ring is 1. The van der Waals surface area contributed by atoms with Gasteiger partial charge in [0.15, 0.2) is 0 Å². The van der Waals surface area contributed by atoms with Crippen LogP contribution < -0.4 is 10.5 Å². The molecule has 0 unspecified atom stereocenters. The predicted octanol–water partition coefficient (Wildman–Crippen LogP) is 2.42. The number of anilines is 1. The molecule has 1 aromatic heterocycles. The highest BCUT2D eigenvalue weighted by Gasteiger charge is 2.05. The Kier molecular flexibility index (Phi) is 3.44. The first kappa shape index (κ1) is 11.9. The summed E-state index contributed by atoms with van der Waals surface area (Å²) in [5.41, 5.74) is 8.52. The third kappa shape index (κ3) is 2.58. The van der Waals surface area contributed by atoms with Gasteiger partial charge in [-0.3, -0.25) is 0 Å². The fraction of sp³-hybridized carbons (Fsp3) is 0.143. The van der Waals surface area contributed by atoms with Crippen LogP contribution in [0.2, 0.25) is 0 Å². The first-order valence-electron chi connectivity index (χ1n) is 5.53. The van der Waals surface area contributed by atoms with Gasteiger partial charge >= 0.3 is 0 Å². The highest BCUT2D eigenvalue weighted by atomic mass is 16.5. The molecular weight excluding hydrogens is 226 g/mol. The minimum Gasteiger partial charge on any atom is -0.489 e. The van der Waals surface area contributed by atoms with Crippen LogP contribution in [0.25, 0.3) is 0 Å². The van der Waals surface area contributed by atoms with Gasteiger partial charge in [0.1, 0.15) is 24.1 Å².